The quantitative estimate of drug-likeness (QED) is 0.374. The van der Waals surface area contributed by atoms with Crippen LogP contribution in [-0.4, -0.2) is 66.9 Å². The fraction of sp³-hybridized carbons (Fsp3) is 0.429. The number of aromatic nitrogens is 1. The molecule has 1 N–H and O–H groups in total. The lowest BCUT2D eigenvalue weighted by atomic mass is 10.2. The van der Waals surface area contributed by atoms with Crippen LogP contribution >= 0.6 is 11.8 Å². The van der Waals surface area contributed by atoms with Crippen LogP contribution in [0.5, 0.6) is 5.75 Å². The molecule has 0 saturated carbocycles. The van der Waals surface area contributed by atoms with E-state index in [1.54, 1.807) is 51.1 Å². The second kappa shape index (κ2) is 12.0. The third-order valence-corrected chi connectivity index (χ3v) is 7.41. The third-order valence-electron chi connectivity index (χ3n) is 4.28. The Labute approximate surface area is 187 Å². The van der Waals surface area contributed by atoms with E-state index in [-0.39, 0.29) is 11.5 Å². The number of pyridine rings is 1. The van der Waals surface area contributed by atoms with Crippen molar-refractivity contribution < 1.29 is 27.8 Å². The second-order valence-electron chi connectivity index (χ2n) is 6.44. The van der Waals surface area contributed by atoms with E-state index >= 15 is 0 Å². The normalized spacial score (nSPS) is 12.5. The number of rotatable bonds is 12. The molecule has 0 fully saturated rings. The van der Waals surface area contributed by atoms with E-state index in [1.165, 1.54) is 28.3 Å². The van der Waals surface area contributed by atoms with Crippen molar-refractivity contribution >= 4 is 27.8 Å². The van der Waals surface area contributed by atoms with Crippen LogP contribution in [0.4, 0.5) is 0 Å². The molecular weight excluding hydrogens is 440 g/mol. The summed E-state index contributed by atoms with van der Waals surface area (Å²) < 4.78 is 36.8. The fourth-order valence-electron chi connectivity index (χ4n) is 2.64. The molecule has 1 heterocycles. The summed E-state index contributed by atoms with van der Waals surface area (Å²) in [6, 6.07) is 9.64. The molecule has 2 rings (SSSR count). The largest absolute Gasteiger partial charge is 0.491 e. The summed E-state index contributed by atoms with van der Waals surface area (Å²) in [5.41, 5.74) is 0.433. The maximum atomic E-state index is 12.5. The lowest BCUT2D eigenvalue weighted by Crippen LogP contribution is -2.30. The first-order valence-electron chi connectivity index (χ1n) is 9.98. The van der Waals surface area contributed by atoms with E-state index in [1.807, 2.05) is 0 Å². The third kappa shape index (κ3) is 7.20. The molecule has 10 heteroatoms. The molecule has 0 bridgehead atoms. The Morgan fingerprint density at radius 3 is 2.35 bits per heavy atom. The number of sulfonamides is 1. The number of thioether (sulfide) groups is 1. The minimum absolute atomic E-state index is 0.0696. The van der Waals surface area contributed by atoms with Crippen LogP contribution in [-0.2, 0) is 14.8 Å². The Hall–Kier alpha value is -2.14. The van der Waals surface area contributed by atoms with Gasteiger partial charge in [0.05, 0.1) is 23.3 Å². The topological polar surface area (TPSA) is 106 Å². The maximum Gasteiger partial charge on any atom is 0.338 e. The van der Waals surface area contributed by atoms with Gasteiger partial charge in [0.2, 0.25) is 10.0 Å². The molecule has 1 aromatic carbocycles. The summed E-state index contributed by atoms with van der Waals surface area (Å²) in [5.74, 6) is 0.464. The number of hydrogen-bond acceptors (Lipinski definition) is 8. The van der Waals surface area contributed by atoms with Gasteiger partial charge in [0.1, 0.15) is 17.3 Å². The van der Waals surface area contributed by atoms with Crippen LogP contribution in [0.25, 0.3) is 0 Å². The van der Waals surface area contributed by atoms with Crippen molar-refractivity contribution in [2.24, 2.45) is 0 Å². The van der Waals surface area contributed by atoms with Gasteiger partial charge in [-0.3, -0.25) is 0 Å². The van der Waals surface area contributed by atoms with Crippen LogP contribution in [0.1, 0.15) is 31.1 Å². The van der Waals surface area contributed by atoms with Crippen molar-refractivity contribution in [2.75, 3.05) is 32.1 Å². The molecule has 8 nitrogen and oxygen atoms in total. The van der Waals surface area contributed by atoms with Gasteiger partial charge in [-0.05, 0) is 43.3 Å². The zero-order chi connectivity index (χ0) is 22.9. The average Bonchev–Trinajstić information content (AvgIpc) is 2.77. The number of carbonyl (C=O) groups excluding carboxylic acids is 1. The number of esters is 1. The van der Waals surface area contributed by atoms with Gasteiger partial charge in [-0.1, -0.05) is 13.8 Å². The van der Waals surface area contributed by atoms with E-state index < -0.39 is 22.1 Å². The van der Waals surface area contributed by atoms with E-state index in [2.05, 4.69) is 4.98 Å². The predicted octanol–water partition coefficient (Wildman–Crippen LogP) is 2.82. The van der Waals surface area contributed by atoms with Crippen LogP contribution in [0, 0.1) is 0 Å². The minimum Gasteiger partial charge on any atom is -0.491 e. The zero-order valence-electron chi connectivity index (χ0n) is 17.9. The Morgan fingerprint density at radius 1 is 1.13 bits per heavy atom. The SMILES string of the molecule is CCOC(=O)c1ccc(OCC(O)CSc2ccc(S(=O)(=O)N(CC)CC)cn2)cc1. The smallest absolute Gasteiger partial charge is 0.338 e. The summed E-state index contributed by atoms with van der Waals surface area (Å²) in [5, 5.41) is 10.8. The van der Waals surface area contributed by atoms with Crippen molar-refractivity contribution in [2.45, 2.75) is 36.8 Å². The number of ether oxygens (including phenoxy) is 2. The van der Waals surface area contributed by atoms with E-state index in [0.717, 1.165) is 0 Å². The molecule has 0 radical (unpaired) electrons. The van der Waals surface area contributed by atoms with Gasteiger partial charge in [0.15, 0.2) is 0 Å². The van der Waals surface area contributed by atoms with E-state index in [9.17, 15) is 18.3 Å². The number of aliphatic hydroxyl groups is 1. The van der Waals surface area contributed by atoms with Crippen LogP contribution < -0.4 is 4.74 Å². The summed E-state index contributed by atoms with van der Waals surface area (Å²) in [4.78, 5) is 16.0. The first-order valence-corrected chi connectivity index (χ1v) is 12.4. The van der Waals surface area contributed by atoms with Crippen LogP contribution in [0.15, 0.2) is 52.5 Å². The summed E-state index contributed by atoms with van der Waals surface area (Å²) >= 11 is 1.30. The Kier molecular flexibility index (Phi) is 9.76. The zero-order valence-corrected chi connectivity index (χ0v) is 19.5. The second-order valence-corrected chi connectivity index (χ2v) is 9.42. The molecule has 0 aliphatic rings. The highest BCUT2D eigenvalue weighted by Gasteiger charge is 2.21. The summed E-state index contributed by atoms with van der Waals surface area (Å²) in [6.07, 6.45) is 0.583. The highest BCUT2D eigenvalue weighted by atomic mass is 32.2. The van der Waals surface area contributed by atoms with Gasteiger partial charge in [-0.15, -0.1) is 11.8 Å². The van der Waals surface area contributed by atoms with Crippen molar-refractivity contribution in [3.63, 3.8) is 0 Å². The van der Waals surface area contributed by atoms with Crippen molar-refractivity contribution in [1.29, 1.82) is 0 Å². The molecule has 31 heavy (non-hydrogen) atoms. The fourth-order valence-corrected chi connectivity index (χ4v) is 4.80. The lowest BCUT2D eigenvalue weighted by Gasteiger charge is -2.18. The van der Waals surface area contributed by atoms with Crippen LogP contribution in [0.3, 0.4) is 0 Å². The molecule has 0 saturated heterocycles. The molecule has 0 aliphatic carbocycles. The molecule has 170 valence electrons. The first kappa shape index (κ1) is 25.1. The minimum atomic E-state index is -3.54. The Balaban J connectivity index is 1.83. The van der Waals surface area contributed by atoms with Crippen molar-refractivity contribution in [3.8, 4) is 5.75 Å². The number of hydrogen-bond donors (Lipinski definition) is 1. The van der Waals surface area contributed by atoms with Gasteiger partial charge in [-0.25, -0.2) is 18.2 Å². The van der Waals surface area contributed by atoms with Crippen LogP contribution in [0.2, 0.25) is 0 Å². The molecule has 0 spiro atoms. The van der Waals surface area contributed by atoms with Gasteiger partial charge in [0, 0.05) is 25.0 Å². The molecule has 1 atom stereocenters. The van der Waals surface area contributed by atoms with Gasteiger partial charge in [0.25, 0.3) is 0 Å². The molecule has 1 aromatic heterocycles. The molecule has 0 amide bonds. The highest BCUT2D eigenvalue weighted by Crippen LogP contribution is 2.21. The molecule has 0 aliphatic heterocycles. The lowest BCUT2D eigenvalue weighted by molar-refractivity contribution is 0.0526. The molecule has 1 unspecified atom stereocenters. The standard InChI is InChI=1S/C21H28N2O6S2/c1-4-23(5-2)31(26,27)19-11-12-20(22-13-19)30-15-17(24)14-29-18-9-7-16(8-10-18)21(25)28-6-3/h7-13,17,24H,4-6,14-15H2,1-3H3. The highest BCUT2D eigenvalue weighted by molar-refractivity contribution is 7.99. The average molecular weight is 469 g/mol. The van der Waals surface area contributed by atoms with Crippen molar-refractivity contribution in [3.05, 3.63) is 48.2 Å². The number of nitrogens with zero attached hydrogens (tertiary/aromatic N) is 2. The number of carbonyl (C=O) groups is 1. The monoisotopic (exact) mass is 468 g/mol. The molecule has 2 aromatic rings. The van der Waals surface area contributed by atoms with Crippen molar-refractivity contribution in [1.82, 2.24) is 9.29 Å². The number of aliphatic hydroxyl groups excluding tert-OH is 1. The Bertz CT molecular complexity index is 929. The van der Waals surface area contributed by atoms with E-state index in [0.29, 0.717) is 41.8 Å². The van der Waals surface area contributed by atoms with E-state index in [4.69, 9.17) is 9.47 Å². The maximum absolute atomic E-state index is 12.5. The molecular formula is C21H28N2O6S2. The number of benzene rings is 1. The first-order chi connectivity index (χ1) is 14.8. The Morgan fingerprint density at radius 2 is 1.81 bits per heavy atom. The summed E-state index contributed by atoms with van der Waals surface area (Å²) in [6.45, 7) is 6.49. The predicted molar refractivity (Wildman–Crippen MR) is 119 cm³/mol. The van der Waals surface area contributed by atoms with Gasteiger partial charge in [-0.2, -0.15) is 4.31 Å². The summed E-state index contributed by atoms with van der Waals surface area (Å²) in [7, 11) is -3.54. The van der Waals surface area contributed by atoms with Gasteiger partial charge >= 0.3 is 5.97 Å². The van der Waals surface area contributed by atoms with Gasteiger partial charge < -0.3 is 14.6 Å².